The molecular weight excluding hydrogens is 262 g/mol. The average molecular weight is 278 g/mol. The molecule has 2 rings (SSSR count). The van der Waals surface area contributed by atoms with Crippen LogP contribution in [0.1, 0.15) is 29.4 Å². The minimum atomic E-state index is -0.133. The number of benzene rings is 1. The summed E-state index contributed by atoms with van der Waals surface area (Å²) in [5.74, 6) is -0.133. The van der Waals surface area contributed by atoms with E-state index in [1.54, 1.807) is 16.9 Å². The van der Waals surface area contributed by atoms with Gasteiger partial charge in [0.1, 0.15) is 5.69 Å². The summed E-state index contributed by atoms with van der Waals surface area (Å²) in [4.78, 5) is 12.1. The third-order valence-electron chi connectivity index (χ3n) is 2.78. The van der Waals surface area contributed by atoms with E-state index < -0.39 is 0 Å². The number of carbonyl (C=O) groups is 1. The van der Waals surface area contributed by atoms with Gasteiger partial charge in [0.25, 0.3) is 5.91 Å². The van der Waals surface area contributed by atoms with Gasteiger partial charge in [-0.05, 0) is 24.1 Å². The van der Waals surface area contributed by atoms with Gasteiger partial charge in [0.05, 0.1) is 0 Å². The van der Waals surface area contributed by atoms with Crippen molar-refractivity contribution in [3.05, 3.63) is 52.8 Å². The summed E-state index contributed by atoms with van der Waals surface area (Å²) < 4.78 is 1.71. The van der Waals surface area contributed by atoms with E-state index in [-0.39, 0.29) is 5.91 Å². The zero-order valence-electron chi connectivity index (χ0n) is 10.8. The summed E-state index contributed by atoms with van der Waals surface area (Å²) in [6.45, 7) is 3.20. The first-order chi connectivity index (χ1) is 9.22. The van der Waals surface area contributed by atoms with Crippen molar-refractivity contribution in [3.63, 3.8) is 0 Å². The number of aryl methyl sites for hydroxylation is 1. The summed E-state index contributed by atoms with van der Waals surface area (Å²) in [5.41, 5.74) is 1.48. The molecule has 1 aromatic carbocycles. The topological polar surface area (TPSA) is 46.9 Å². The van der Waals surface area contributed by atoms with Crippen molar-refractivity contribution in [2.24, 2.45) is 0 Å². The lowest BCUT2D eigenvalue weighted by molar-refractivity contribution is 0.0940. The predicted molar refractivity (Wildman–Crippen MR) is 75.1 cm³/mol. The molecule has 1 amide bonds. The molecule has 0 spiro atoms. The van der Waals surface area contributed by atoms with Crippen LogP contribution in [0.4, 0.5) is 0 Å². The number of rotatable bonds is 5. The van der Waals surface area contributed by atoms with Gasteiger partial charge in [-0.2, -0.15) is 5.10 Å². The Balaban J connectivity index is 2.02. The van der Waals surface area contributed by atoms with Gasteiger partial charge >= 0.3 is 0 Å². The molecule has 0 fully saturated rings. The summed E-state index contributed by atoms with van der Waals surface area (Å²) >= 11 is 6.04. The summed E-state index contributed by atoms with van der Waals surface area (Å²) in [7, 11) is 0. The Labute approximate surface area is 117 Å². The summed E-state index contributed by atoms with van der Waals surface area (Å²) in [6, 6.07) is 9.19. The standard InChI is InChI=1S/C14H16ClN3O/c1-2-9-18-13(7-8-17-18)14(19)16-10-11-5-3-4-6-12(11)15/h3-8H,2,9-10H2,1H3,(H,16,19). The van der Waals surface area contributed by atoms with Crippen LogP contribution < -0.4 is 5.32 Å². The van der Waals surface area contributed by atoms with Crippen molar-refractivity contribution in [2.75, 3.05) is 0 Å². The number of nitrogens with zero attached hydrogens (tertiary/aromatic N) is 2. The van der Waals surface area contributed by atoms with Crippen molar-refractivity contribution in [1.29, 1.82) is 0 Å². The molecule has 4 nitrogen and oxygen atoms in total. The maximum Gasteiger partial charge on any atom is 0.269 e. The van der Waals surface area contributed by atoms with Gasteiger partial charge in [-0.3, -0.25) is 9.48 Å². The predicted octanol–water partition coefficient (Wildman–Crippen LogP) is 2.88. The number of carbonyl (C=O) groups excluding carboxylic acids is 1. The Hall–Kier alpha value is -1.81. The second kappa shape index (κ2) is 6.38. The van der Waals surface area contributed by atoms with E-state index in [2.05, 4.69) is 10.4 Å². The van der Waals surface area contributed by atoms with E-state index in [0.29, 0.717) is 17.3 Å². The first-order valence-electron chi connectivity index (χ1n) is 6.25. The Morgan fingerprint density at radius 3 is 2.89 bits per heavy atom. The van der Waals surface area contributed by atoms with E-state index in [9.17, 15) is 4.79 Å². The van der Waals surface area contributed by atoms with Crippen LogP contribution in [0.2, 0.25) is 5.02 Å². The highest BCUT2D eigenvalue weighted by Gasteiger charge is 2.11. The monoisotopic (exact) mass is 277 g/mol. The fourth-order valence-corrected chi connectivity index (χ4v) is 2.03. The highest BCUT2D eigenvalue weighted by atomic mass is 35.5. The van der Waals surface area contributed by atoms with E-state index in [1.165, 1.54) is 0 Å². The van der Waals surface area contributed by atoms with E-state index in [1.807, 2.05) is 31.2 Å². The molecule has 19 heavy (non-hydrogen) atoms. The molecule has 0 bridgehead atoms. The van der Waals surface area contributed by atoms with Gasteiger partial charge < -0.3 is 5.32 Å². The molecule has 100 valence electrons. The van der Waals surface area contributed by atoms with Gasteiger partial charge in [-0.15, -0.1) is 0 Å². The SMILES string of the molecule is CCCn1nccc1C(=O)NCc1ccccc1Cl. The van der Waals surface area contributed by atoms with Gasteiger partial charge in [-0.1, -0.05) is 36.7 Å². The van der Waals surface area contributed by atoms with Crippen molar-refractivity contribution in [1.82, 2.24) is 15.1 Å². The number of hydrogen-bond donors (Lipinski definition) is 1. The second-order valence-electron chi connectivity index (χ2n) is 4.21. The third kappa shape index (κ3) is 3.35. The van der Waals surface area contributed by atoms with Crippen LogP contribution in [-0.2, 0) is 13.1 Å². The molecule has 0 aliphatic heterocycles. The molecule has 0 unspecified atom stereocenters. The van der Waals surface area contributed by atoms with Crippen molar-refractivity contribution >= 4 is 17.5 Å². The summed E-state index contributed by atoms with van der Waals surface area (Å²) in [6.07, 6.45) is 2.58. The van der Waals surface area contributed by atoms with Gasteiger partial charge in [0.15, 0.2) is 0 Å². The normalized spacial score (nSPS) is 10.4. The van der Waals surface area contributed by atoms with E-state index in [0.717, 1.165) is 18.5 Å². The quantitative estimate of drug-likeness (QED) is 0.913. The molecule has 1 heterocycles. The van der Waals surface area contributed by atoms with Crippen molar-refractivity contribution < 1.29 is 4.79 Å². The first-order valence-corrected chi connectivity index (χ1v) is 6.63. The molecule has 2 aromatic rings. The maximum atomic E-state index is 12.1. The number of nitrogens with one attached hydrogen (secondary N) is 1. The number of hydrogen-bond acceptors (Lipinski definition) is 2. The maximum absolute atomic E-state index is 12.1. The molecule has 0 aliphatic carbocycles. The van der Waals surface area contributed by atoms with Gasteiger partial charge in [0.2, 0.25) is 0 Å². The molecule has 0 saturated heterocycles. The van der Waals surface area contributed by atoms with E-state index >= 15 is 0 Å². The molecular formula is C14H16ClN3O. The minimum absolute atomic E-state index is 0.133. The smallest absolute Gasteiger partial charge is 0.269 e. The first kappa shape index (κ1) is 13.6. The Bertz CT molecular complexity index is 565. The lowest BCUT2D eigenvalue weighted by Crippen LogP contribution is -2.26. The highest BCUT2D eigenvalue weighted by molar-refractivity contribution is 6.31. The highest BCUT2D eigenvalue weighted by Crippen LogP contribution is 2.14. The zero-order valence-corrected chi connectivity index (χ0v) is 11.5. The van der Waals surface area contributed by atoms with Crippen LogP contribution in [0.3, 0.4) is 0 Å². The molecule has 0 radical (unpaired) electrons. The van der Waals surface area contributed by atoms with Crippen LogP contribution >= 0.6 is 11.6 Å². The number of amides is 1. The largest absolute Gasteiger partial charge is 0.347 e. The molecule has 1 N–H and O–H groups in total. The Kier molecular flexibility index (Phi) is 4.58. The fourth-order valence-electron chi connectivity index (χ4n) is 1.82. The lowest BCUT2D eigenvalue weighted by atomic mass is 10.2. The lowest BCUT2D eigenvalue weighted by Gasteiger charge is -2.08. The molecule has 0 saturated carbocycles. The average Bonchev–Trinajstić information content (AvgIpc) is 2.86. The Morgan fingerprint density at radius 1 is 1.37 bits per heavy atom. The number of aromatic nitrogens is 2. The van der Waals surface area contributed by atoms with Crippen LogP contribution in [0.5, 0.6) is 0 Å². The molecule has 1 aromatic heterocycles. The third-order valence-corrected chi connectivity index (χ3v) is 3.15. The Morgan fingerprint density at radius 2 is 2.16 bits per heavy atom. The molecule has 0 aliphatic rings. The van der Waals surface area contributed by atoms with Gasteiger partial charge in [-0.25, -0.2) is 0 Å². The molecule has 0 atom stereocenters. The van der Waals surface area contributed by atoms with Crippen molar-refractivity contribution in [3.8, 4) is 0 Å². The van der Waals surface area contributed by atoms with Gasteiger partial charge in [0, 0.05) is 24.3 Å². The van der Waals surface area contributed by atoms with Crippen LogP contribution in [0, 0.1) is 0 Å². The molecule has 5 heteroatoms. The number of halogens is 1. The van der Waals surface area contributed by atoms with E-state index in [4.69, 9.17) is 11.6 Å². The van der Waals surface area contributed by atoms with Crippen LogP contribution in [0.25, 0.3) is 0 Å². The second-order valence-corrected chi connectivity index (χ2v) is 4.62. The van der Waals surface area contributed by atoms with Crippen molar-refractivity contribution in [2.45, 2.75) is 26.4 Å². The summed E-state index contributed by atoms with van der Waals surface area (Å²) in [5, 5.41) is 7.64. The fraction of sp³-hybridized carbons (Fsp3) is 0.286. The van der Waals surface area contributed by atoms with Crippen LogP contribution in [0.15, 0.2) is 36.5 Å². The van der Waals surface area contributed by atoms with Crippen LogP contribution in [-0.4, -0.2) is 15.7 Å². The minimum Gasteiger partial charge on any atom is -0.347 e. The zero-order chi connectivity index (χ0) is 13.7.